The molecule has 6 nitrogen and oxygen atoms in total. The lowest BCUT2D eigenvalue weighted by atomic mass is 10.2. The molecule has 2 aromatic heterocycles. The fourth-order valence-electron chi connectivity index (χ4n) is 3.06. The molecule has 1 atom stereocenters. The monoisotopic (exact) mass is 466 g/mol. The van der Waals surface area contributed by atoms with Gasteiger partial charge in [-0.3, -0.25) is 9.78 Å². The Morgan fingerprint density at radius 3 is 3.00 bits per heavy atom. The summed E-state index contributed by atoms with van der Waals surface area (Å²) in [5, 5.41) is 3.64. The fourth-order valence-corrected chi connectivity index (χ4v) is 3.51. The third-order valence-electron chi connectivity index (χ3n) is 4.39. The molecule has 0 radical (unpaired) electrons. The molecule has 8 heteroatoms. The number of hydrogen-bond acceptors (Lipinski definition) is 5. The number of fused-ring (bicyclic) bond motifs is 1. The number of nitrogens with one attached hydrogen (secondary N) is 1. The van der Waals surface area contributed by atoms with Gasteiger partial charge in [-0.2, -0.15) is 0 Å². The number of nitrogens with zero attached hydrogens (tertiary/aromatic N) is 2. The summed E-state index contributed by atoms with van der Waals surface area (Å²) in [7, 11) is 0. The van der Waals surface area contributed by atoms with Gasteiger partial charge in [-0.25, -0.2) is 4.39 Å². The van der Waals surface area contributed by atoms with Gasteiger partial charge in [0, 0.05) is 35.1 Å². The molecule has 1 saturated heterocycles. The van der Waals surface area contributed by atoms with Crippen LogP contribution in [0.2, 0.25) is 0 Å². The van der Waals surface area contributed by atoms with Crippen LogP contribution in [0.4, 0.5) is 15.8 Å². The van der Waals surface area contributed by atoms with Crippen molar-refractivity contribution in [2.75, 3.05) is 18.4 Å². The second-order valence-electron chi connectivity index (χ2n) is 6.23. The highest BCUT2D eigenvalue weighted by atomic mass is 127. The second-order valence-corrected chi connectivity index (χ2v) is 7.47. The van der Waals surface area contributed by atoms with Gasteiger partial charge in [0.25, 0.3) is 5.91 Å². The molecule has 26 heavy (non-hydrogen) atoms. The Morgan fingerprint density at radius 2 is 2.27 bits per heavy atom. The molecule has 1 amide bonds. The molecule has 4 rings (SSSR count). The third-order valence-corrected chi connectivity index (χ3v) is 5.06. The van der Waals surface area contributed by atoms with Crippen LogP contribution in [-0.2, 0) is 0 Å². The molecule has 1 fully saturated rings. The summed E-state index contributed by atoms with van der Waals surface area (Å²) in [5.74, 6) is -0.528. The minimum atomic E-state index is -0.406. The minimum absolute atomic E-state index is 0.0324. The van der Waals surface area contributed by atoms with Crippen LogP contribution in [0.25, 0.3) is 11.0 Å². The summed E-state index contributed by atoms with van der Waals surface area (Å²) in [6.07, 6.45) is 3.93. The number of pyridine rings is 1. The van der Waals surface area contributed by atoms with Gasteiger partial charge < -0.3 is 20.4 Å². The standard InChI is InChI=1S/C18H16FIN4O2/c19-13-7-10(20)1-2-14(13)23-16-12-8-22-5-3-15(12)26-17(16)18(25)24-6-4-11(21)9-24/h1-3,5,7-8,11,23H,4,6,9,21H2/t11-/m1/s1. The number of anilines is 2. The van der Waals surface area contributed by atoms with Gasteiger partial charge in [0.15, 0.2) is 0 Å². The first-order valence-electron chi connectivity index (χ1n) is 8.16. The van der Waals surface area contributed by atoms with E-state index < -0.39 is 5.82 Å². The molecular formula is C18H16FIN4O2. The number of rotatable bonds is 3. The van der Waals surface area contributed by atoms with Crippen LogP contribution in [0.3, 0.4) is 0 Å². The van der Waals surface area contributed by atoms with Crippen molar-refractivity contribution in [3.63, 3.8) is 0 Å². The van der Waals surface area contributed by atoms with Crippen molar-refractivity contribution >= 4 is 50.8 Å². The van der Waals surface area contributed by atoms with Crippen molar-refractivity contribution in [2.24, 2.45) is 5.73 Å². The van der Waals surface area contributed by atoms with Crippen LogP contribution >= 0.6 is 22.6 Å². The zero-order valence-electron chi connectivity index (χ0n) is 13.7. The van der Waals surface area contributed by atoms with Gasteiger partial charge in [0.05, 0.1) is 11.1 Å². The van der Waals surface area contributed by atoms with Crippen LogP contribution in [0.1, 0.15) is 17.0 Å². The van der Waals surface area contributed by atoms with E-state index in [0.717, 1.165) is 9.99 Å². The molecule has 0 aliphatic carbocycles. The Kier molecular flexibility index (Phi) is 4.53. The number of hydrogen-bond donors (Lipinski definition) is 2. The topological polar surface area (TPSA) is 84.4 Å². The van der Waals surface area contributed by atoms with Crippen LogP contribution in [-0.4, -0.2) is 34.9 Å². The van der Waals surface area contributed by atoms with Gasteiger partial charge in [0.2, 0.25) is 5.76 Å². The minimum Gasteiger partial charge on any atom is -0.448 e. The van der Waals surface area contributed by atoms with E-state index in [9.17, 15) is 9.18 Å². The first-order chi connectivity index (χ1) is 12.5. The number of furan rings is 1. The normalized spacial score (nSPS) is 17.0. The van der Waals surface area contributed by atoms with Gasteiger partial charge in [-0.1, -0.05) is 0 Å². The summed E-state index contributed by atoms with van der Waals surface area (Å²) in [5.41, 5.74) is 7.11. The van der Waals surface area contributed by atoms with Crippen molar-refractivity contribution in [3.8, 4) is 0 Å². The highest BCUT2D eigenvalue weighted by molar-refractivity contribution is 14.1. The van der Waals surface area contributed by atoms with Gasteiger partial charge in [-0.05, 0) is 53.3 Å². The molecule has 134 valence electrons. The summed E-state index contributed by atoms with van der Waals surface area (Å²) in [6, 6.07) is 6.48. The smallest absolute Gasteiger partial charge is 0.291 e. The zero-order chi connectivity index (χ0) is 18.3. The number of likely N-dealkylation sites (tertiary alicyclic amines) is 1. The summed E-state index contributed by atoms with van der Waals surface area (Å²) in [6.45, 7) is 1.05. The largest absolute Gasteiger partial charge is 0.448 e. The maximum absolute atomic E-state index is 14.3. The molecule has 0 saturated carbocycles. The quantitative estimate of drug-likeness (QED) is 0.578. The van der Waals surface area contributed by atoms with Crippen molar-refractivity contribution < 1.29 is 13.6 Å². The molecular weight excluding hydrogens is 450 g/mol. The first kappa shape index (κ1) is 17.2. The fraction of sp³-hybridized carbons (Fsp3) is 0.222. The predicted octanol–water partition coefficient (Wildman–Crippen LogP) is 3.49. The highest BCUT2D eigenvalue weighted by Crippen LogP contribution is 2.35. The van der Waals surface area contributed by atoms with E-state index >= 15 is 0 Å². The maximum Gasteiger partial charge on any atom is 0.291 e. The molecule has 0 bridgehead atoms. The van der Waals surface area contributed by atoms with E-state index in [1.807, 2.05) is 22.6 Å². The van der Waals surface area contributed by atoms with Crippen molar-refractivity contribution in [3.05, 3.63) is 51.8 Å². The molecule has 1 aliphatic heterocycles. The lowest BCUT2D eigenvalue weighted by molar-refractivity contribution is 0.0763. The number of carbonyl (C=O) groups is 1. The highest BCUT2D eigenvalue weighted by Gasteiger charge is 2.30. The van der Waals surface area contributed by atoms with E-state index in [4.69, 9.17) is 10.2 Å². The summed E-state index contributed by atoms with van der Waals surface area (Å²) in [4.78, 5) is 18.7. The number of aromatic nitrogens is 1. The number of benzene rings is 1. The molecule has 3 aromatic rings. The van der Waals surface area contributed by atoms with Crippen LogP contribution in [0.5, 0.6) is 0 Å². The molecule has 1 aliphatic rings. The molecule has 0 spiro atoms. The first-order valence-corrected chi connectivity index (χ1v) is 9.24. The number of amides is 1. The van der Waals surface area contributed by atoms with E-state index in [-0.39, 0.29) is 23.4 Å². The SMILES string of the molecule is N[C@@H]1CCN(C(=O)c2oc3ccncc3c2Nc2ccc(I)cc2F)C1. The maximum atomic E-state index is 14.3. The molecule has 1 aromatic carbocycles. The van der Waals surface area contributed by atoms with Crippen molar-refractivity contribution in [2.45, 2.75) is 12.5 Å². The second kappa shape index (κ2) is 6.84. The number of carbonyl (C=O) groups excluding carboxylic acids is 1. The lowest BCUT2D eigenvalue weighted by Crippen LogP contribution is -2.32. The van der Waals surface area contributed by atoms with Gasteiger partial charge >= 0.3 is 0 Å². The Morgan fingerprint density at radius 1 is 1.42 bits per heavy atom. The van der Waals surface area contributed by atoms with E-state index in [2.05, 4.69) is 10.3 Å². The Hall–Kier alpha value is -2.20. The summed E-state index contributed by atoms with van der Waals surface area (Å²) < 4.78 is 20.9. The third kappa shape index (κ3) is 3.14. The average Bonchev–Trinajstić information content (AvgIpc) is 3.21. The molecule has 3 N–H and O–H groups in total. The number of nitrogens with two attached hydrogens (primary N) is 1. The van der Waals surface area contributed by atoms with Gasteiger partial charge in [-0.15, -0.1) is 0 Å². The molecule has 0 unspecified atom stereocenters. The van der Waals surface area contributed by atoms with Crippen molar-refractivity contribution in [1.82, 2.24) is 9.88 Å². The Balaban J connectivity index is 1.78. The Labute approximate surface area is 162 Å². The number of halogens is 2. The lowest BCUT2D eigenvalue weighted by Gasteiger charge is -2.15. The Bertz CT molecular complexity index is 990. The zero-order valence-corrected chi connectivity index (χ0v) is 15.9. The van der Waals surface area contributed by atoms with E-state index in [1.165, 1.54) is 6.07 Å². The summed E-state index contributed by atoms with van der Waals surface area (Å²) >= 11 is 2.04. The van der Waals surface area contributed by atoms with Gasteiger partial charge in [0.1, 0.15) is 17.1 Å². The van der Waals surface area contributed by atoms with Crippen molar-refractivity contribution in [1.29, 1.82) is 0 Å². The van der Waals surface area contributed by atoms with Crippen LogP contribution in [0, 0.1) is 9.39 Å². The molecule has 3 heterocycles. The van der Waals surface area contributed by atoms with Crippen LogP contribution in [0.15, 0.2) is 41.1 Å². The average molecular weight is 466 g/mol. The van der Waals surface area contributed by atoms with E-state index in [1.54, 1.807) is 35.5 Å². The predicted molar refractivity (Wildman–Crippen MR) is 105 cm³/mol. The van der Waals surface area contributed by atoms with E-state index in [0.29, 0.717) is 29.7 Å². The van der Waals surface area contributed by atoms with Crippen LogP contribution < -0.4 is 11.1 Å².